The van der Waals surface area contributed by atoms with Gasteiger partial charge < -0.3 is 10.1 Å². The summed E-state index contributed by atoms with van der Waals surface area (Å²) < 4.78 is 5.50. The number of hydrogen-bond donors (Lipinski definition) is 1. The van der Waals surface area contributed by atoms with E-state index in [-0.39, 0.29) is 12.3 Å². The zero-order valence-corrected chi connectivity index (χ0v) is 17.8. The number of methoxy groups -OCH3 is 1. The van der Waals surface area contributed by atoms with Gasteiger partial charge in [0.05, 0.1) is 31.1 Å². The van der Waals surface area contributed by atoms with Crippen LogP contribution in [0.5, 0.6) is 5.75 Å². The Morgan fingerprint density at radius 3 is 2.73 bits per heavy atom. The van der Waals surface area contributed by atoms with E-state index in [2.05, 4.69) is 28.3 Å². The Hall–Kier alpha value is -3.28. The van der Waals surface area contributed by atoms with E-state index in [1.54, 1.807) is 26.6 Å². The van der Waals surface area contributed by atoms with E-state index >= 15 is 0 Å². The molecule has 0 radical (unpaired) electrons. The van der Waals surface area contributed by atoms with Gasteiger partial charge in [-0.05, 0) is 36.5 Å². The van der Waals surface area contributed by atoms with Crippen molar-refractivity contribution in [2.45, 2.75) is 38.5 Å². The van der Waals surface area contributed by atoms with Crippen LogP contribution < -0.4 is 10.1 Å². The predicted molar refractivity (Wildman–Crippen MR) is 117 cm³/mol. The number of nitrogens with zero attached hydrogens (tertiary/aromatic N) is 3. The van der Waals surface area contributed by atoms with E-state index in [1.165, 1.54) is 5.56 Å². The van der Waals surface area contributed by atoms with Crippen LogP contribution in [-0.4, -0.2) is 35.0 Å². The minimum atomic E-state index is -0.0554. The van der Waals surface area contributed by atoms with Gasteiger partial charge in [0.2, 0.25) is 5.91 Å². The lowest BCUT2D eigenvalue weighted by Gasteiger charge is -2.16. The van der Waals surface area contributed by atoms with Crippen LogP contribution in [0, 0.1) is 0 Å². The van der Waals surface area contributed by atoms with E-state index in [9.17, 15) is 4.79 Å². The first-order chi connectivity index (χ1) is 14.6. The van der Waals surface area contributed by atoms with Crippen molar-refractivity contribution < 1.29 is 9.53 Å². The fourth-order valence-electron chi connectivity index (χ4n) is 3.56. The van der Waals surface area contributed by atoms with Gasteiger partial charge in [0.15, 0.2) is 0 Å². The summed E-state index contributed by atoms with van der Waals surface area (Å²) in [7, 11) is 3.24. The summed E-state index contributed by atoms with van der Waals surface area (Å²) in [6.07, 6.45) is 10.6. The third kappa shape index (κ3) is 5.41. The summed E-state index contributed by atoms with van der Waals surface area (Å²) in [6, 6.07) is 9.89. The molecule has 156 valence electrons. The molecule has 0 unspecified atom stereocenters. The number of carbonyl (C=O) groups excluding carboxylic acids is 1. The van der Waals surface area contributed by atoms with Crippen molar-refractivity contribution >= 4 is 5.91 Å². The molecule has 1 atom stereocenters. The topological polar surface area (TPSA) is 77.0 Å². The molecule has 1 amide bonds. The second-order valence-electron chi connectivity index (χ2n) is 7.25. The van der Waals surface area contributed by atoms with Crippen LogP contribution in [0.15, 0.2) is 55.1 Å². The van der Waals surface area contributed by atoms with Crippen molar-refractivity contribution in [3.05, 3.63) is 71.9 Å². The van der Waals surface area contributed by atoms with E-state index in [0.29, 0.717) is 11.7 Å². The highest BCUT2D eigenvalue weighted by Crippen LogP contribution is 2.28. The van der Waals surface area contributed by atoms with Gasteiger partial charge in [-0.2, -0.15) is 0 Å². The van der Waals surface area contributed by atoms with Gasteiger partial charge in [0.25, 0.3) is 0 Å². The SMILES string of the molecule is CCC[C@H](Cc1cncc(-c2ccc(CC(=O)NC)c(OC)c2)n1)c1cccnc1. The third-order valence-corrected chi connectivity index (χ3v) is 5.15. The van der Waals surface area contributed by atoms with Crippen molar-refractivity contribution in [3.63, 3.8) is 0 Å². The number of rotatable bonds is 9. The molecule has 0 fully saturated rings. The molecule has 6 nitrogen and oxygen atoms in total. The molecule has 1 N–H and O–H groups in total. The number of ether oxygens (including phenoxy) is 1. The summed E-state index contributed by atoms with van der Waals surface area (Å²) in [5.41, 5.74) is 4.72. The van der Waals surface area contributed by atoms with Gasteiger partial charge in [-0.15, -0.1) is 0 Å². The number of likely N-dealkylation sites (N-methyl/N-ethyl adjacent to an activating group) is 1. The number of amides is 1. The first-order valence-corrected chi connectivity index (χ1v) is 10.2. The van der Waals surface area contributed by atoms with Crippen molar-refractivity contribution in [2.24, 2.45) is 0 Å². The van der Waals surface area contributed by atoms with Gasteiger partial charge in [0.1, 0.15) is 5.75 Å². The standard InChI is InChI=1S/C24H28N4O2/c1-4-6-17(20-7-5-10-26-14-20)11-21-15-27-16-22(28-21)18-8-9-19(13-24(29)25-2)23(12-18)30-3/h5,7-10,12,14-17H,4,6,11,13H2,1-3H3,(H,25,29)/t17-/m1/s1. The quantitative estimate of drug-likeness (QED) is 0.584. The fourth-order valence-corrected chi connectivity index (χ4v) is 3.56. The molecule has 0 aliphatic carbocycles. The highest BCUT2D eigenvalue weighted by Gasteiger charge is 2.15. The van der Waals surface area contributed by atoms with Gasteiger partial charge in [-0.3, -0.25) is 14.8 Å². The Morgan fingerprint density at radius 1 is 1.17 bits per heavy atom. The smallest absolute Gasteiger partial charge is 0.224 e. The van der Waals surface area contributed by atoms with Crippen LogP contribution in [0.3, 0.4) is 0 Å². The van der Waals surface area contributed by atoms with Crippen LogP contribution in [0.4, 0.5) is 0 Å². The van der Waals surface area contributed by atoms with E-state index in [4.69, 9.17) is 9.72 Å². The summed E-state index contributed by atoms with van der Waals surface area (Å²) >= 11 is 0. The lowest BCUT2D eigenvalue weighted by atomic mass is 9.91. The molecule has 1 aromatic carbocycles. The summed E-state index contributed by atoms with van der Waals surface area (Å²) in [4.78, 5) is 25.3. The molecule has 3 rings (SSSR count). The summed E-state index contributed by atoms with van der Waals surface area (Å²) in [6.45, 7) is 2.19. The number of pyridine rings is 1. The molecule has 0 saturated carbocycles. The second-order valence-corrected chi connectivity index (χ2v) is 7.25. The van der Waals surface area contributed by atoms with Crippen LogP contribution in [0.2, 0.25) is 0 Å². The number of carbonyl (C=O) groups is 1. The van der Waals surface area contributed by atoms with Gasteiger partial charge in [0, 0.05) is 36.8 Å². The zero-order chi connectivity index (χ0) is 21.3. The molecule has 0 spiro atoms. The average molecular weight is 405 g/mol. The van der Waals surface area contributed by atoms with Gasteiger partial charge in [-0.1, -0.05) is 31.5 Å². The third-order valence-electron chi connectivity index (χ3n) is 5.15. The van der Waals surface area contributed by atoms with Crippen LogP contribution >= 0.6 is 0 Å². The first-order valence-electron chi connectivity index (χ1n) is 10.2. The maximum Gasteiger partial charge on any atom is 0.224 e. The summed E-state index contributed by atoms with van der Waals surface area (Å²) in [5.74, 6) is 0.973. The average Bonchev–Trinajstić information content (AvgIpc) is 2.79. The molecule has 0 bridgehead atoms. The normalized spacial score (nSPS) is 11.7. The van der Waals surface area contributed by atoms with Crippen LogP contribution in [-0.2, 0) is 17.6 Å². The minimum Gasteiger partial charge on any atom is -0.496 e. The monoisotopic (exact) mass is 404 g/mol. The van der Waals surface area contributed by atoms with Gasteiger partial charge in [-0.25, -0.2) is 4.98 Å². The fraction of sp³-hybridized carbons (Fsp3) is 0.333. The largest absolute Gasteiger partial charge is 0.496 e. The van der Waals surface area contributed by atoms with Crippen molar-refractivity contribution in [3.8, 4) is 17.0 Å². The molecule has 2 aromatic heterocycles. The van der Waals surface area contributed by atoms with E-state index < -0.39 is 0 Å². The number of aromatic nitrogens is 3. The Balaban J connectivity index is 1.85. The maximum atomic E-state index is 11.7. The van der Waals surface area contributed by atoms with E-state index in [1.807, 2.05) is 36.7 Å². The molecular formula is C24H28N4O2. The maximum absolute atomic E-state index is 11.7. The highest BCUT2D eigenvalue weighted by atomic mass is 16.5. The molecule has 6 heteroatoms. The van der Waals surface area contributed by atoms with Gasteiger partial charge >= 0.3 is 0 Å². The zero-order valence-electron chi connectivity index (χ0n) is 17.8. The van der Waals surface area contributed by atoms with E-state index in [0.717, 1.165) is 41.8 Å². The highest BCUT2D eigenvalue weighted by molar-refractivity contribution is 5.79. The van der Waals surface area contributed by atoms with Crippen molar-refractivity contribution in [2.75, 3.05) is 14.2 Å². The Kier molecular flexibility index (Phi) is 7.49. The summed E-state index contributed by atoms with van der Waals surface area (Å²) in [5, 5.41) is 2.64. The Labute approximate surface area is 177 Å². The molecule has 0 saturated heterocycles. The Bertz CT molecular complexity index is 976. The van der Waals surface area contributed by atoms with Crippen molar-refractivity contribution in [1.82, 2.24) is 20.3 Å². The first kappa shape index (κ1) is 21.4. The Morgan fingerprint density at radius 2 is 2.03 bits per heavy atom. The molecular weight excluding hydrogens is 376 g/mol. The van der Waals surface area contributed by atoms with Crippen LogP contribution in [0.1, 0.15) is 42.5 Å². The van der Waals surface area contributed by atoms with Crippen LogP contribution in [0.25, 0.3) is 11.3 Å². The number of hydrogen-bond acceptors (Lipinski definition) is 5. The molecule has 0 aliphatic rings. The molecule has 3 aromatic rings. The van der Waals surface area contributed by atoms with Crippen molar-refractivity contribution in [1.29, 1.82) is 0 Å². The number of nitrogens with one attached hydrogen (secondary N) is 1. The minimum absolute atomic E-state index is 0.0554. The lowest BCUT2D eigenvalue weighted by Crippen LogP contribution is -2.20. The molecule has 0 aliphatic heterocycles. The second kappa shape index (κ2) is 10.5. The molecule has 30 heavy (non-hydrogen) atoms. The lowest BCUT2D eigenvalue weighted by molar-refractivity contribution is -0.119. The molecule has 2 heterocycles. The predicted octanol–water partition coefficient (Wildman–Crippen LogP) is 3.96. The number of benzene rings is 1.